The third-order valence-electron chi connectivity index (χ3n) is 2.90. The van der Waals surface area contributed by atoms with Crippen LogP contribution in [0.1, 0.15) is 30.9 Å². The topological polar surface area (TPSA) is 49.3 Å². The summed E-state index contributed by atoms with van der Waals surface area (Å²) >= 11 is 0. The summed E-state index contributed by atoms with van der Waals surface area (Å²) in [6.07, 6.45) is 7.02. The Labute approximate surface area is 108 Å². The molecule has 0 saturated carbocycles. The fourth-order valence-corrected chi connectivity index (χ4v) is 1.82. The van der Waals surface area contributed by atoms with Gasteiger partial charge in [-0.15, -0.1) is 12.3 Å². The molecular formula is C15H19NO2. The van der Waals surface area contributed by atoms with Crippen molar-refractivity contribution < 1.29 is 9.90 Å². The van der Waals surface area contributed by atoms with E-state index in [9.17, 15) is 4.79 Å². The number of nitrogens with one attached hydrogen (secondary N) is 1. The van der Waals surface area contributed by atoms with Gasteiger partial charge < -0.3 is 10.4 Å². The molecule has 1 atom stereocenters. The lowest BCUT2D eigenvalue weighted by atomic mass is 10.0. The van der Waals surface area contributed by atoms with E-state index in [0.717, 1.165) is 17.5 Å². The number of benzene rings is 1. The van der Waals surface area contributed by atoms with Crippen molar-refractivity contribution >= 4 is 5.97 Å². The highest BCUT2D eigenvalue weighted by Gasteiger charge is 2.08. The number of terminal acetylenes is 1. The van der Waals surface area contributed by atoms with Gasteiger partial charge in [-0.3, -0.25) is 4.79 Å². The number of aliphatic carboxylic acids is 1. The lowest BCUT2D eigenvalue weighted by molar-refractivity contribution is -0.136. The molecule has 18 heavy (non-hydrogen) atoms. The van der Waals surface area contributed by atoms with E-state index in [0.29, 0.717) is 13.0 Å². The molecular weight excluding hydrogens is 226 g/mol. The first kappa shape index (κ1) is 14.3. The Morgan fingerprint density at radius 3 is 2.67 bits per heavy atom. The maximum Gasteiger partial charge on any atom is 0.307 e. The maximum absolute atomic E-state index is 10.8. The summed E-state index contributed by atoms with van der Waals surface area (Å²) in [5, 5.41) is 12.2. The van der Waals surface area contributed by atoms with Gasteiger partial charge in [0.25, 0.3) is 0 Å². The van der Waals surface area contributed by atoms with Crippen LogP contribution >= 0.6 is 0 Å². The fourth-order valence-electron chi connectivity index (χ4n) is 1.82. The van der Waals surface area contributed by atoms with Gasteiger partial charge in [-0.1, -0.05) is 31.2 Å². The van der Waals surface area contributed by atoms with Crippen LogP contribution in [0.4, 0.5) is 0 Å². The molecule has 0 aliphatic carbocycles. The van der Waals surface area contributed by atoms with E-state index >= 15 is 0 Å². The highest BCUT2D eigenvalue weighted by molar-refractivity contribution is 5.70. The van der Waals surface area contributed by atoms with Crippen LogP contribution in [0.3, 0.4) is 0 Å². The van der Waals surface area contributed by atoms with Crippen LogP contribution in [0.5, 0.6) is 0 Å². The van der Waals surface area contributed by atoms with Crippen LogP contribution in [-0.2, 0) is 17.8 Å². The van der Waals surface area contributed by atoms with Crippen molar-refractivity contribution in [3.8, 4) is 12.3 Å². The molecule has 2 N–H and O–H groups in total. The molecule has 0 aliphatic heterocycles. The first-order chi connectivity index (χ1) is 8.67. The van der Waals surface area contributed by atoms with E-state index in [1.165, 1.54) is 0 Å². The zero-order valence-electron chi connectivity index (χ0n) is 10.6. The number of hydrogen-bond acceptors (Lipinski definition) is 2. The summed E-state index contributed by atoms with van der Waals surface area (Å²) in [5.74, 6) is 1.84. The Kier molecular flexibility index (Phi) is 5.96. The highest BCUT2D eigenvalue weighted by atomic mass is 16.4. The summed E-state index contributed by atoms with van der Waals surface area (Å²) in [4.78, 5) is 10.8. The second-order valence-electron chi connectivity index (χ2n) is 4.23. The molecule has 0 saturated heterocycles. The van der Waals surface area contributed by atoms with Gasteiger partial charge in [0.05, 0.1) is 6.42 Å². The Morgan fingerprint density at radius 1 is 1.44 bits per heavy atom. The van der Waals surface area contributed by atoms with Crippen molar-refractivity contribution in [3.05, 3.63) is 35.4 Å². The molecule has 0 radical (unpaired) electrons. The van der Waals surface area contributed by atoms with Crippen molar-refractivity contribution in [1.29, 1.82) is 0 Å². The number of hydrogen-bond donors (Lipinski definition) is 2. The molecule has 0 bridgehead atoms. The Morgan fingerprint density at radius 2 is 2.11 bits per heavy atom. The summed E-state index contributed by atoms with van der Waals surface area (Å²) in [6.45, 7) is 2.74. The molecule has 1 rings (SSSR count). The third kappa shape index (κ3) is 4.60. The first-order valence-corrected chi connectivity index (χ1v) is 6.12. The van der Waals surface area contributed by atoms with Gasteiger partial charge in [0, 0.05) is 19.0 Å². The van der Waals surface area contributed by atoms with E-state index < -0.39 is 5.97 Å². The molecule has 96 valence electrons. The second kappa shape index (κ2) is 7.52. The number of rotatable bonds is 7. The number of carboxylic acids is 1. The van der Waals surface area contributed by atoms with E-state index in [2.05, 4.69) is 18.2 Å². The van der Waals surface area contributed by atoms with E-state index in [-0.39, 0.29) is 12.5 Å². The normalized spacial score (nSPS) is 11.8. The minimum absolute atomic E-state index is 0.0593. The smallest absolute Gasteiger partial charge is 0.307 e. The first-order valence-electron chi connectivity index (χ1n) is 6.12. The molecule has 1 aromatic carbocycles. The van der Waals surface area contributed by atoms with E-state index in [1.807, 2.05) is 24.3 Å². The number of carbonyl (C=O) groups is 1. The van der Waals surface area contributed by atoms with Crippen LogP contribution in [-0.4, -0.2) is 17.1 Å². The minimum Gasteiger partial charge on any atom is -0.481 e. The van der Waals surface area contributed by atoms with Gasteiger partial charge in [-0.2, -0.15) is 0 Å². The molecule has 0 spiro atoms. The predicted octanol–water partition coefficient (Wildman–Crippen LogP) is 2.21. The van der Waals surface area contributed by atoms with Gasteiger partial charge in [-0.25, -0.2) is 0 Å². The van der Waals surface area contributed by atoms with Gasteiger partial charge in [0.2, 0.25) is 0 Å². The van der Waals surface area contributed by atoms with E-state index in [1.54, 1.807) is 0 Å². The average molecular weight is 245 g/mol. The quantitative estimate of drug-likeness (QED) is 0.724. The van der Waals surface area contributed by atoms with Crippen molar-refractivity contribution in [2.45, 2.75) is 38.8 Å². The maximum atomic E-state index is 10.8. The molecule has 0 heterocycles. The van der Waals surface area contributed by atoms with Crippen LogP contribution in [0.2, 0.25) is 0 Å². The highest BCUT2D eigenvalue weighted by Crippen LogP contribution is 2.10. The van der Waals surface area contributed by atoms with Crippen LogP contribution in [0.15, 0.2) is 24.3 Å². The summed E-state index contributed by atoms with van der Waals surface area (Å²) in [5.41, 5.74) is 1.88. The van der Waals surface area contributed by atoms with Crippen molar-refractivity contribution in [3.63, 3.8) is 0 Å². The van der Waals surface area contributed by atoms with Crippen LogP contribution < -0.4 is 5.32 Å². The zero-order chi connectivity index (χ0) is 13.4. The lowest BCUT2D eigenvalue weighted by Gasteiger charge is -2.15. The predicted molar refractivity (Wildman–Crippen MR) is 72.2 cm³/mol. The number of carboxylic acid groups (broad SMARTS) is 1. The monoisotopic (exact) mass is 245 g/mol. The molecule has 0 fully saturated rings. The third-order valence-corrected chi connectivity index (χ3v) is 2.90. The molecule has 3 heteroatoms. The molecule has 0 amide bonds. The van der Waals surface area contributed by atoms with Gasteiger partial charge in [-0.05, 0) is 17.5 Å². The molecule has 0 aromatic heterocycles. The van der Waals surface area contributed by atoms with Crippen molar-refractivity contribution in [1.82, 2.24) is 5.32 Å². The summed E-state index contributed by atoms with van der Waals surface area (Å²) in [6, 6.07) is 7.87. The fraction of sp³-hybridized carbons (Fsp3) is 0.400. The van der Waals surface area contributed by atoms with Gasteiger partial charge >= 0.3 is 5.97 Å². The SMILES string of the molecule is C#CCC(CC)NCc1ccccc1CC(=O)O. The molecule has 1 aromatic rings. The van der Waals surface area contributed by atoms with Crippen molar-refractivity contribution in [2.24, 2.45) is 0 Å². The standard InChI is InChI=1S/C15H19NO2/c1-3-7-14(4-2)16-11-13-9-6-5-8-12(13)10-15(17)18/h1,5-6,8-9,14,16H,4,7,10-11H2,2H3,(H,17,18). The molecule has 1 unspecified atom stereocenters. The molecule has 0 aliphatic rings. The van der Waals surface area contributed by atoms with Crippen LogP contribution in [0.25, 0.3) is 0 Å². The van der Waals surface area contributed by atoms with E-state index in [4.69, 9.17) is 11.5 Å². The average Bonchev–Trinajstić information content (AvgIpc) is 2.35. The Bertz CT molecular complexity index is 434. The van der Waals surface area contributed by atoms with Crippen molar-refractivity contribution in [2.75, 3.05) is 0 Å². The molecule has 3 nitrogen and oxygen atoms in total. The second-order valence-corrected chi connectivity index (χ2v) is 4.23. The summed E-state index contributed by atoms with van der Waals surface area (Å²) in [7, 11) is 0. The van der Waals surface area contributed by atoms with Crippen LogP contribution in [0, 0.1) is 12.3 Å². The Hall–Kier alpha value is -1.79. The lowest BCUT2D eigenvalue weighted by Crippen LogP contribution is -2.28. The van der Waals surface area contributed by atoms with Gasteiger partial charge in [0.15, 0.2) is 0 Å². The largest absolute Gasteiger partial charge is 0.481 e. The Balaban J connectivity index is 2.66. The van der Waals surface area contributed by atoms with Gasteiger partial charge in [0.1, 0.15) is 0 Å². The minimum atomic E-state index is -0.807. The summed E-state index contributed by atoms with van der Waals surface area (Å²) < 4.78 is 0. The zero-order valence-corrected chi connectivity index (χ0v) is 10.6.